The standard InChI is InChI=1S/C26H37N3O5S2/c1-20(2)22-7-9-23(10-8-22)35(30,31)28-16-14-27(15-17-28)25-18-24(11-12-26(25)34-4)36(32,33)29-13-5-6-21(3)19-29/h7-12,18,20-21H,5-6,13-17,19H2,1-4H3/t21-/m1/s1. The Bertz CT molecular complexity index is 1270. The van der Waals surface area contributed by atoms with Crippen LogP contribution < -0.4 is 9.64 Å². The fourth-order valence-corrected chi connectivity index (χ4v) is 7.98. The van der Waals surface area contributed by atoms with Crippen LogP contribution in [0.25, 0.3) is 0 Å². The first-order valence-electron chi connectivity index (χ1n) is 12.6. The van der Waals surface area contributed by atoms with Gasteiger partial charge in [0.15, 0.2) is 0 Å². The van der Waals surface area contributed by atoms with Gasteiger partial charge in [-0.15, -0.1) is 0 Å². The van der Waals surface area contributed by atoms with E-state index in [4.69, 9.17) is 4.74 Å². The molecule has 0 radical (unpaired) electrons. The predicted octanol–water partition coefficient (Wildman–Crippen LogP) is 3.75. The molecule has 2 aromatic carbocycles. The lowest BCUT2D eigenvalue weighted by Gasteiger charge is -2.36. The van der Waals surface area contributed by atoms with E-state index in [2.05, 4.69) is 20.8 Å². The maximum atomic E-state index is 13.4. The Labute approximate surface area is 216 Å². The largest absolute Gasteiger partial charge is 0.495 e. The summed E-state index contributed by atoms with van der Waals surface area (Å²) in [5.74, 6) is 1.24. The van der Waals surface area contributed by atoms with Crippen molar-refractivity contribution in [3.63, 3.8) is 0 Å². The molecule has 2 aliphatic heterocycles. The van der Waals surface area contributed by atoms with Crippen LogP contribution in [0, 0.1) is 5.92 Å². The number of rotatable bonds is 7. The third kappa shape index (κ3) is 5.41. The van der Waals surface area contributed by atoms with E-state index in [9.17, 15) is 16.8 Å². The predicted molar refractivity (Wildman–Crippen MR) is 142 cm³/mol. The molecule has 2 aromatic rings. The number of piperazine rings is 1. The fraction of sp³-hybridized carbons (Fsp3) is 0.538. The van der Waals surface area contributed by atoms with Crippen molar-refractivity contribution in [1.82, 2.24) is 8.61 Å². The number of anilines is 1. The summed E-state index contributed by atoms with van der Waals surface area (Å²) in [6.45, 7) is 8.76. The van der Waals surface area contributed by atoms with Crippen LogP contribution in [0.4, 0.5) is 5.69 Å². The molecular formula is C26H37N3O5S2. The zero-order valence-electron chi connectivity index (χ0n) is 21.6. The van der Waals surface area contributed by atoms with Crippen molar-refractivity contribution >= 4 is 25.7 Å². The van der Waals surface area contributed by atoms with Crippen molar-refractivity contribution in [3.05, 3.63) is 48.0 Å². The van der Waals surface area contributed by atoms with Gasteiger partial charge in [0.05, 0.1) is 22.6 Å². The van der Waals surface area contributed by atoms with Crippen LogP contribution >= 0.6 is 0 Å². The van der Waals surface area contributed by atoms with Gasteiger partial charge in [-0.2, -0.15) is 8.61 Å². The smallest absolute Gasteiger partial charge is 0.243 e. The number of methoxy groups -OCH3 is 1. The monoisotopic (exact) mass is 535 g/mol. The van der Waals surface area contributed by atoms with Gasteiger partial charge in [0.25, 0.3) is 0 Å². The average molecular weight is 536 g/mol. The second kappa shape index (κ2) is 10.7. The summed E-state index contributed by atoms with van der Waals surface area (Å²) in [4.78, 5) is 2.54. The second-order valence-electron chi connectivity index (χ2n) is 10.1. The van der Waals surface area contributed by atoms with Gasteiger partial charge < -0.3 is 9.64 Å². The van der Waals surface area contributed by atoms with E-state index in [0.717, 1.165) is 18.4 Å². The molecule has 36 heavy (non-hydrogen) atoms. The summed E-state index contributed by atoms with van der Waals surface area (Å²) in [5, 5.41) is 0. The lowest BCUT2D eigenvalue weighted by atomic mass is 10.0. The molecule has 198 valence electrons. The minimum atomic E-state index is -3.62. The molecule has 0 amide bonds. The van der Waals surface area contributed by atoms with Gasteiger partial charge in [0, 0.05) is 39.3 Å². The highest BCUT2D eigenvalue weighted by molar-refractivity contribution is 7.89. The Hall–Kier alpha value is -2.14. The van der Waals surface area contributed by atoms with E-state index in [1.165, 1.54) is 4.31 Å². The van der Waals surface area contributed by atoms with Crippen molar-refractivity contribution < 1.29 is 21.6 Å². The van der Waals surface area contributed by atoms with Crippen molar-refractivity contribution in [2.45, 2.75) is 49.3 Å². The molecule has 2 fully saturated rings. The zero-order chi connectivity index (χ0) is 26.1. The Kier molecular flexibility index (Phi) is 7.99. The van der Waals surface area contributed by atoms with Gasteiger partial charge in [0.1, 0.15) is 5.75 Å². The van der Waals surface area contributed by atoms with Crippen molar-refractivity contribution in [2.24, 2.45) is 5.92 Å². The van der Waals surface area contributed by atoms with Crippen LogP contribution in [0.5, 0.6) is 5.75 Å². The number of nitrogens with zero attached hydrogens (tertiary/aromatic N) is 3. The first kappa shape index (κ1) is 26.9. The molecule has 0 saturated carbocycles. The van der Waals surface area contributed by atoms with E-state index in [-0.39, 0.29) is 4.90 Å². The Morgan fingerprint density at radius 2 is 1.44 bits per heavy atom. The lowest BCUT2D eigenvalue weighted by Crippen LogP contribution is -2.48. The highest BCUT2D eigenvalue weighted by Gasteiger charge is 2.32. The van der Waals surface area contributed by atoms with Crippen LogP contribution in [0.1, 0.15) is 45.1 Å². The van der Waals surface area contributed by atoms with Crippen molar-refractivity contribution in [2.75, 3.05) is 51.3 Å². The molecule has 0 unspecified atom stereocenters. The summed E-state index contributed by atoms with van der Waals surface area (Å²) in [5.41, 5.74) is 1.77. The Balaban J connectivity index is 1.52. The molecule has 0 aromatic heterocycles. The molecule has 1 atom stereocenters. The number of hydrogen-bond acceptors (Lipinski definition) is 6. The van der Waals surface area contributed by atoms with E-state index in [1.54, 1.807) is 41.7 Å². The summed E-state index contributed by atoms with van der Waals surface area (Å²) >= 11 is 0. The summed E-state index contributed by atoms with van der Waals surface area (Å²) in [7, 11) is -5.66. The molecule has 0 aliphatic carbocycles. The number of sulfonamides is 2. The zero-order valence-corrected chi connectivity index (χ0v) is 23.2. The third-order valence-corrected chi connectivity index (χ3v) is 10.9. The van der Waals surface area contributed by atoms with Crippen LogP contribution in [0.3, 0.4) is 0 Å². The van der Waals surface area contributed by atoms with Gasteiger partial charge >= 0.3 is 0 Å². The van der Waals surface area contributed by atoms with Gasteiger partial charge in [-0.05, 0) is 60.6 Å². The van der Waals surface area contributed by atoms with Crippen LogP contribution in [0.15, 0.2) is 52.3 Å². The minimum absolute atomic E-state index is 0.243. The van der Waals surface area contributed by atoms with Gasteiger partial charge in [-0.3, -0.25) is 0 Å². The number of hydrogen-bond donors (Lipinski definition) is 0. The summed E-state index contributed by atoms with van der Waals surface area (Å²) in [6, 6.07) is 12.0. The quantitative estimate of drug-likeness (QED) is 0.537. The minimum Gasteiger partial charge on any atom is -0.495 e. The molecule has 0 spiro atoms. The van der Waals surface area contributed by atoms with Crippen LogP contribution in [-0.2, 0) is 20.0 Å². The normalized spacial score (nSPS) is 20.6. The highest BCUT2D eigenvalue weighted by atomic mass is 32.2. The number of ether oxygens (including phenoxy) is 1. The summed E-state index contributed by atoms with van der Waals surface area (Å²) in [6.07, 6.45) is 1.90. The number of piperidine rings is 1. The molecule has 8 nitrogen and oxygen atoms in total. The molecular weight excluding hydrogens is 498 g/mol. The molecule has 0 N–H and O–H groups in total. The lowest BCUT2D eigenvalue weighted by molar-refractivity contribution is 0.281. The molecule has 10 heteroatoms. The third-order valence-electron chi connectivity index (χ3n) is 7.17. The van der Waals surface area contributed by atoms with Gasteiger partial charge in [-0.25, -0.2) is 16.8 Å². The van der Waals surface area contributed by atoms with E-state index in [0.29, 0.717) is 67.4 Å². The van der Waals surface area contributed by atoms with Gasteiger partial charge in [-0.1, -0.05) is 32.9 Å². The SMILES string of the molecule is COc1ccc(S(=O)(=O)N2CCC[C@@H](C)C2)cc1N1CCN(S(=O)(=O)c2ccc(C(C)C)cc2)CC1. The Morgan fingerprint density at radius 3 is 2.03 bits per heavy atom. The average Bonchev–Trinajstić information content (AvgIpc) is 2.88. The summed E-state index contributed by atoms with van der Waals surface area (Å²) < 4.78 is 61.8. The fourth-order valence-electron chi connectivity index (χ4n) is 4.93. The first-order chi connectivity index (χ1) is 17.0. The molecule has 2 saturated heterocycles. The molecule has 0 bridgehead atoms. The number of benzene rings is 2. The molecule has 2 heterocycles. The Morgan fingerprint density at radius 1 is 0.833 bits per heavy atom. The second-order valence-corrected chi connectivity index (χ2v) is 13.9. The first-order valence-corrected chi connectivity index (χ1v) is 15.5. The van der Waals surface area contributed by atoms with Crippen LogP contribution in [-0.4, -0.2) is 71.8 Å². The van der Waals surface area contributed by atoms with E-state index >= 15 is 0 Å². The van der Waals surface area contributed by atoms with Crippen LogP contribution in [0.2, 0.25) is 0 Å². The maximum Gasteiger partial charge on any atom is 0.243 e. The van der Waals surface area contributed by atoms with E-state index in [1.807, 2.05) is 17.0 Å². The van der Waals surface area contributed by atoms with Crippen molar-refractivity contribution in [3.8, 4) is 5.75 Å². The van der Waals surface area contributed by atoms with E-state index < -0.39 is 20.0 Å². The van der Waals surface area contributed by atoms with Gasteiger partial charge in [0.2, 0.25) is 20.0 Å². The highest BCUT2D eigenvalue weighted by Crippen LogP contribution is 2.34. The topological polar surface area (TPSA) is 87.2 Å². The maximum absolute atomic E-state index is 13.4. The van der Waals surface area contributed by atoms with Crippen molar-refractivity contribution in [1.29, 1.82) is 0 Å². The molecule has 4 rings (SSSR count). The molecule has 2 aliphatic rings.